The average molecular weight is 144 g/mol. The summed E-state index contributed by atoms with van der Waals surface area (Å²) in [5.41, 5.74) is 0. The number of hydrogen-bond donors (Lipinski definition) is 1. The predicted octanol–water partition coefficient (Wildman–Crippen LogP) is 0.0742. The number of rotatable bonds is 3. The van der Waals surface area contributed by atoms with Crippen molar-refractivity contribution < 1.29 is 6.22 Å². The van der Waals surface area contributed by atoms with Gasteiger partial charge in [0.2, 0.25) is 5.91 Å². The highest BCUT2D eigenvalue weighted by Gasteiger charge is 2.18. The predicted molar refractivity (Wildman–Crippen MR) is 41.9 cm³/mol. The van der Waals surface area contributed by atoms with E-state index >= 15 is 0 Å². The lowest BCUT2D eigenvalue weighted by Crippen LogP contribution is -2.31. The standard InChI is InChI=1S/C7H14N2O.H2/c1-8-4-6-9-5-2-3-7(9)10;/h8H,2-6H2,1H3;1H. The Balaban J connectivity index is 0.000001000. The molecule has 0 unspecified atom stereocenters. The number of amides is 1. The summed E-state index contributed by atoms with van der Waals surface area (Å²) < 4.78 is 0. The Hall–Kier alpha value is -0.570. The molecule has 0 saturated carbocycles. The highest BCUT2D eigenvalue weighted by atomic mass is 16.2. The van der Waals surface area contributed by atoms with Gasteiger partial charge in [-0.2, -0.15) is 0 Å². The number of likely N-dealkylation sites (N-methyl/N-ethyl adjacent to an activating group) is 1. The van der Waals surface area contributed by atoms with E-state index in [0.717, 1.165) is 32.5 Å². The number of nitrogens with zero attached hydrogens (tertiary/aromatic N) is 1. The van der Waals surface area contributed by atoms with Crippen LogP contribution in [-0.2, 0) is 4.79 Å². The molecule has 60 valence electrons. The van der Waals surface area contributed by atoms with Crippen molar-refractivity contribution in [3.8, 4) is 0 Å². The van der Waals surface area contributed by atoms with Crippen LogP contribution in [0.5, 0.6) is 0 Å². The molecule has 0 bridgehead atoms. The van der Waals surface area contributed by atoms with Crippen LogP contribution in [0.3, 0.4) is 0 Å². The molecule has 1 aliphatic heterocycles. The molecule has 0 spiro atoms. The van der Waals surface area contributed by atoms with E-state index in [9.17, 15) is 4.79 Å². The summed E-state index contributed by atoms with van der Waals surface area (Å²) >= 11 is 0. The highest BCUT2D eigenvalue weighted by molar-refractivity contribution is 5.78. The van der Waals surface area contributed by atoms with Crippen molar-refractivity contribution in [1.29, 1.82) is 0 Å². The number of hydrogen-bond acceptors (Lipinski definition) is 2. The molecule has 1 rings (SSSR count). The van der Waals surface area contributed by atoms with Crippen molar-refractivity contribution in [3.05, 3.63) is 0 Å². The normalized spacial score (nSPS) is 18.5. The van der Waals surface area contributed by atoms with E-state index in [1.165, 1.54) is 0 Å². The van der Waals surface area contributed by atoms with E-state index in [1.807, 2.05) is 11.9 Å². The third-order valence-electron chi connectivity index (χ3n) is 1.80. The molecule has 1 aliphatic rings. The Kier molecular flexibility index (Phi) is 2.68. The largest absolute Gasteiger partial charge is 0.341 e. The van der Waals surface area contributed by atoms with Gasteiger partial charge in [0.25, 0.3) is 0 Å². The molecule has 0 atom stereocenters. The molecular weight excluding hydrogens is 128 g/mol. The van der Waals surface area contributed by atoms with E-state index < -0.39 is 0 Å². The molecule has 3 heteroatoms. The lowest BCUT2D eigenvalue weighted by atomic mass is 10.4. The van der Waals surface area contributed by atoms with Gasteiger partial charge in [-0.25, -0.2) is 0 Å². The Labute approximate surface area is 62.9 Å². The Morgan fingerprint density at radius 2 is 2.60 bits per heavy atom. The summed E-state index contributed by atoms with van der Waals surface area (Å²) in [5, 5.41) is 3.02. The van der Waals surface area contributed by atoms with Gasteiger partial charge in [0.15, 0.2) is 0 Å². The molecule has 1 saturated heterocycles. The Bertz CT molecular complexity index is 130. The zero-order valence-electron chi connectivity index (χ0n) is 6.39. The smallest absolute Gasteiger partial charge is 0.222 e. The summed E-state index contributed by atoms with van der Waals surface area (Å²) in [6.07, 6.45) is 1.80. The maximum atomic E-state index is 11.0. The SMILES string of the molecule is CNCCN1CCCC1=O.[HH]. The monoisotopic (exact) mass is 144 g/mol. The first-order valence-electron chi connectivity index (χ1n) is 3.77. The maximum Gasteiger partial charge on any atom is 0.222 e. The van der Waals surface area contributed by atoms with E-state index in [1.54, 1.807) is 0 Å². The molecule has 10 heavy (non-hydrogen) atoms. The van der Waals surface area contributed by atoms with Gasteiger partial charge in [0, 0.05) is 27.5 Å². The number of carbonyl (C=O) groups excluding carboxylic acids is 1. The average Bonchev–Trinajstić information content (AvgIpc) is 2.31. The van der Waals surface area contributed by atoms with E-state index in [2.05, 4.69) is 5.32 Å². The van der Waals surface area contributed by atoms with Gasteiger partial charge in [-0.1, -0.05) is 0 Å². The van der Waals surface area contributed by atoms with Crippen LogP contribution in [0.15, 0.2) is 0 Å². The third-order valence-corrected chi connectivity index (χ3v) is 1.80. The summed E-state index contributed by atoms with van der Waals surface area (Å²) in [6, 6.07) is 0. The second-order valence-electron chi connectivity index (χ2n) is 2.59. The summed E-state index contributed by atoms with van der Waals surface area (Å²) in [5.74, 6) is 0.315. The van der Waals surface area contributed by atoms with Gasteiger partial charge in [-0.05, 0) is 13.5 Å². The minimum atomic E-state index is 0. The highest BCUT2D eigenvalue weighted by Crippen LogP contribution is 2.07. The maximum absolute atomic E-state index is 11.0. The second-order valence-corrected chi connectivity index (χ2v) is 2.59. The second kappa shape index (κ2) is 3.56. The van der Waals surface area contributed by atoms with Crippen molar-refractivity contribution in [2.75, 3.05) is 26.7 Å². The van der Waals surface area contributed by atoms with Crippen LogP contribution in [0.1, 0.15) is 14.3 Å². The molecule has 0 aliphatic carbocycles. The lowest BCUT2D eigenvalue weighted by Gasteiger charge is -2.14. The first kappa shape index (κ1) is 7.54. The molecule has 1 heterocycles. The first-order chi connectivity index (χ1) is 4.84. The van der Waals surface area contributed by atoms with Crippen LogP contribution >= 0.6 is 0 Å². The molecular formula is C7H16N2O. The molecule has 0 aromatic carbocycles. The molecule has 0 aromatic rings. The van der Waals surface area contributed by atoms with Crippen molar-refractivity contribution in [2.45, 2.75) is 12.8 Å². The zero-order chi connectivity index (χ0) is 7.40. The molecule has 3 nitrogen and oxygen atoms in total. The number of nitrogens with one attached hydrogen (secondary N) is 1. The zero-order valence-corrected chi connectivity index (χ0v) is 6.39. The van der Waals surface area contributed by atoms with Gasteiger partial charge in [-0.15, -0.1) is 0 Å². The van der Waals surface area contributed by atoms with Crippen LogP contribution in [0.25, 0.3) is 0 Å². The van der Waals surface area contributed by atoms with Crippen LogP contribution in [0.2, 0.25) is 0 Å². The van der Waals surface area contributed by atoms with Crippen molar-refractivity contribution in [1.82, 2.24) is 10.2 Å². The Morgan fingerprint density at radius 3 is 3.10 bits per heavy atom. The fraction of sp³-hybridized carbons (Fsp3) is 0.857. The van der Waals surface area contributed by atoms with Gasteiger partial charge < -0.3 is 10.2 Å². The summed E-state index contributed by atoms with van der Waals surface area (Å²) in [7, 11) is 1.90. The first-order valence-corrected chi connectivity index (χ1v) is 3.77. The van der Waals surface area contributed by atoms with Gasteiger partial charge >= 0.3 is 0 Å². The molecule has 0 radical (unpaired) electrons. The van der Waals surface area contributed by atoms with E-state index in [4.69, 9.17) is 0 Å². The van der Waals surface area contributed by atoms with Gasteiger partial charge in [0.05, 0.1) is 0 Å². The van der Waals surface area contributed by atoms with E-state index in [0.29, 0.717) is 5.91 Å². The van der Waals surface area contributed by atoms with Crippen molar-refractivity contribution >= 4 is 5.91 Å². The van der Waals surface area contributed by atoms with E-state index in [-0.39, 0.29) is 1.43 Å². The lowest BCUT2D eigenvalue weighted by molar-refractivity contribution is -0.127. The number of likely N-dealkylation sites (tertiary alicyclic amines) is 1. The minimum absolute atomic E-state index is 0. The molecule has 1 amide bonds. The quantitative estimate of drug-likeness (QED) is 0.608. The summed E-state index contributed by atoms with van der Waals surface area (Å²) in [4.78, 5) is 12.9. The van der Waals surface area contributed by atoms with Gasteiger partial charge in [-0.3, -0.25) is 4.79 Å². The topological polar surface area (TPSA) is 32.3 Å². The van der Waals surface area contributed by atoms with Gasteiger partial charge in [0.1, 0.15) is 0 Å². The molecule has 1 fully saturated rings. The van der Waals surface area contributed by atoms with Crippen molar-refractivity contribution in [3.63, 3.8) is 0 Å². The molecule has 1 N–H and O–H groups in total. The number of carbonyl (C=O) groups is 1. The fourth-order valence-corrected chi connectivity index (χ4v) is 1.19. The molecule has 0 aromatic heterocycles. The van der Waals surface area contributed by atoms with Crippen LogP contribution < -0.4 is 5.32 Å². The van der Waals surface area contributed by atoms with Crippen LogP contribution in [0.4, 0.5) is 0 Å². The van der Waals surface area contributed by atoms with Crippen LogP contribution in [-0.4, -0.2) is 37.5 Å². The fourth-order valence-electron chi connectivity index (χ4n) is 1.19. The third kappa shape index (κ3) is 1.70. The van der Waals surface area contributed by atoms with Crippen LogP contribution in [0, 0.1) is 0 Å². The summed E-state index contributed by atoms with van der Waals surface area (Å²) in [6.45, 7) is 2.74. The Morgan fingerprint density at radius 1 is 1.80 bits per heavy atom. The van der Waals surface area contributed by atoms with Crippen molar-refractivity contribution in [2.24, 2.45) is 0 Å². The minimum Gasteiger partial charge on any atom is -0.341 e.